The number of hydrogen-bond acceptors (Lipinski definition) is 2. The van der Waals surface area contributed by atoms with Crippen LogP contribution in [0.5, 0.6) is 0 Å². The first-order valence-corrected chi connectivity index (χ1v) is 28.6. The third kappa shape index (κ3) is 10.9. The summed E-state index contributed by atoms with van der Waals surface area (Å²) in [6, 6.07) is 46.9. The van der Waals surface area contributed by atoms with Crippen molar-refractivity contribution in [2.24, 2.45) is 0 Å². The average Bonchev–Trinajstić information content (AvgIpc) is 4.24. The quantitative estimate of drug-likeness (QED) is 0.163. The van der Waals surface area contributed by atoms with Gasteiger partial charge in [-0.25, -0.2) is 9.97 Å². The third-order valence-electron chi connectivity index (χ3n) is 16.2. The minimum Gasteiger partial charge on any atom is -0.354 e. The van der Waals surface area contributed by atoms with Gasteiger partial charge in [0.1, 0.15) is 0 Å². The summed E-state index contributed by atoms with van der Waals surface area (Å²) in [5.41, 5.74) is 31.2. The van der Waals surface area contributed by atoms with E-state index in [4.69, 9.17) is 9.97 Å². The first-order valence-electron chi connectivity index (χ1n) is 28.6. The van der Waals surface area contributed by atoms with Gasteiger partial charge in [-0.1, -0.05) is 153 Å². The van der Waals surface area contributed by atoms with Gasteiger partial charge in [-0.05, 0) is 216 Å². The van der Waals surface area contributed by atoms with Gasteiger partial charge in [0.15, 0.2) is 0 Å². The molecule has 2 aliphatic heterocycles. The van der Waals surface area contributed by atoms with Gasteiger partial charge in [-0.3, -0.25) is 0 Å². The topological polar surface area (TPSA) is 57.4 Å². The van der Waals surface area contributed by atoms with Gasteiger partial charge in [0.2, 0.25) is 0 Å². The van der Waals surface area contributed by atoms with E-state index in [9.17, 15) is 0 Å². The minimum absolute atomic E-state index is 0.0517. The van der Waals surface area contributed by atoms with Crippen LogP contribution in [0.25, 0.3) is 66.6 Å². The fourth-order valence-corrected chi connectivity index (χ4v) is 11.5. The minimum atomic E-state index is -0.0517. The van der Waals surface area contributed by atoms with Gasteiger partial charge in [-0.2, -0.15) is 0 Å². The molecule has 10 rings (SSSR count). The molecule has 2 N–H and O–H groups in total. The van der Waals surface area contributed by atoms with Crippen molar-refractivity contribution in [3.63, 3.8) is 0 Å². The van der Waals surface area contributed by atoms with Crippen molar-refractivity contribution in [3.8, 4) is 57.8 Å². The van der Waals surface area contributed by atoms with Crippen LogP contribution >= 0.6 is 0 Å². The predicted molar refractivity (Wildman–Crippen MR) is 340 cm³/mol. The lowest BCUT2D eigenvalue weighted by Gasteiger charge is -2.26. The van der Waals surface area contributed by atoms with Crippen molar-refractivity contribution < 1.29 is 0 Å². The van der Waals surface area contributed by atoms with Crippen LogP contribution in [0.3, 0.4) is 0 Å². The fourth-order valence-electron chi connectivity index (χ4n) is 11.5. The zero-order valence-corrected chi connectivity index (χ0v) is 49.4. The van der Waals surface area contributed by atoms with E-state index in [-0.39, 0.29) is 10.8 Å². The van der Waals surface area contributed by atoms with E-state index < -0.39 is 0 Å². The third-order valence-corrected chi connectivity index (χ3v) is 16.2. The van der Waals surface area contributed by atoms with Gasteiger partial charge >= 0.3 is 0 Å². The van der Waals surface area contributed by atoms with Crippen LogP contribution in [-0.4, -0.2) is 19.9 Å². The molecule has 4 heteroatoms. The van der Waals surface area contributed by atoms with Crippen molar-refractivity contribution >= 4 is 44.4 Å². The predicted octanol–water partition coefficient (Wildman–Crippen LogP) is 18.9. The van der Waals surface area contributed by atoms with Crippen molar-refractivity contribution in [1.29, 1.82) is 0 Å². The molecular weight excluding hydrogens is 969 g/mol. The molecule has 0 fully saturated rings. The summed E-state index contributed by atoms with van der Waals surface area (Å²) in [6.45, 7) is 32.1. The molecule has 3 aromatic heterocycles. The molecule has 80 heavy (non-hydrogen) atoms. The summed E-state index contributed by atoms with van der Waals surface area (Å²) < 4.78 is 0. The number of nitrogens with zero attached hydrogens (tertiary/aromatic N) is 2. The summed E-state index contributed by atoms with van der Waals surface area (Å²) in [5, 5.41) is 0. The summed E-state index contributed by atoms with van der Waals surface area (Å²) in [5.74, 6) is 19.9. The molecule has 4 nitrogen and oxygen atoms in total. The smallest absolute Gasteiger partial charge is 0.0769 e. The number of aryl methyl sites for hydroxylation is 4. The Hall–Kier alpha value is -8.62. The van der Waals surface area contributed by atoms with Crippen molar-refractivity contribution in [2.75, 3.05) is 0 Å². The highest BCUT2D eigenvalue weighted by molar-refractivity contribution is 6.03. The molecule has 8 aromatic rings. The summed E-state index contributed by atoms with van der Waals surface area (Å²) in [4.78, 5) is 19.6. The largest absolute Gasteiger partial charge is 0.354 e. The number of nitrogens with one attached hydrogen (secondary N) is 2. The van der Waals surface area contributed by atoms with E-state index in [1.807, 2.05) is 78.9 Å². The number of benzene rings is 5. The molecule has 0 radical (unpaired) electrons. The molecule has 0 saturated heterocycles. The van der Waals surface area contributed by atoms with Crippen LogP contribution in [-0.2, 0) is 23.7 Å². The first-order chi connectivity index (χ1) is 38.4. The normalized spacial score (nSPS) is 12.4. The molecule has 0 spiro atoms. The van der Waals surface area contributed by atoms with Gasteiger partial charge in [0.25, 0.3) is 0 Å². The maximum atomic E-state index is 5.68. The van der Waals surface area contributed by atoms with Gasteiger partial charge in [-0.15, -0.1) is 0 Å². The van der Waals surface area contributed by atoms with E-state index in [0.29, 0.717) is 0 Å². The Kier molecular flexibility index (Phi) is 15.2. The Morgan fingerprint density at radius 2 is 0.738 bits per heavy atom. The standard InChI is InChI=1S/C76H74N4/c1-15-61-47(5)71-69(57-40-38-56(39-41-57)37-36-55-34-32-54(33-35-55)31-30-53-28-26-52(27-29-53)25-24-51-22-20-19-21-23-51)72-48(6)62(16-2)66(78-72)46-68-64(18-4)50(8)74(80-68)70(73-49(7)63(17-3)67(79-73)45-65(61)77-71)58-42-59(75(9,10)11)44-60(43-58)76(12,13)14/h19-23,26-29,32-35,38-46,79-80H,15-18H2,1-14H3. The van der Waals surface area contributed by atoms with E-state index in [1.165, 1.54) is 66.8 Å². The Morgan fingerprint density at radius 1 is 0.388 bits per heavy atom. The maximum absolute atomic E-state index is 5.68. The highest BCUT2D eigenvalue weighted by atomic mass is 14.8. The van der Waals surface area contributed by atoms with E-state index in [0.717, 1.165) is 115 Å². The van der Waals surface area contributed by atoms with Crippen molar-refractivity contribution in [1.82, 2.24) is 19.9 Å². The summed E-state index contributed by atoms with van der Waals surface area (Å²) >= 11 is 0. The highest BCUT2D eigenvalue weighted by Gasteiger charge is 2.28. The van der Waals surface area contributed by atoms with Gasteiger partial charge in [0, 0.05) is 55.5 Å². The SMILES string of the molecule is CCC1=C(C)c2nc1cc1[nH]c(c(C)c1CC)c(-c1cc(C(C)(C)C)cc(C(C)(C)C)c1)c1[nH]c(cc3nc(c2-c2ccc(C#Cc4ccc(C#Cc5ccc(C#Cc6ccccc6)cc5)cc4)cc2)C(C)=C3CC)c(CC)c1C. The molecule has 8 bridgehead atoms. The van der Waals surface area contributed by atoms with Crippen LogP contribution in [0.15, 0.2) is 133 Å². The van der Waals surface area contributed by atoms with Crippen LogP contribution < -0.4 is 0 Å². The molecular formula is C76H74N4. The van der Waals surface area contributed by atoms with E-state index in [2.05, 4.69) is 197 Å². The second-order valence-corrected chi connectivity index (χ2v) is 23.5. The second kappa shape index (κ2) is 22.3. The lowest BCUT2D eigenvalue weighted by atomic mass is 9.78. The molecule has 0 amide bonds. The van der Waals surface area contributed by atoms with Crippen molar-refractivity contribution in [3.05, 3.63) is 223 Å². The Bertz CT molecular complexity index is 4020. The zero-order chi connectivity index (χ0) is 56.6. The molecule has 0 unspecified atom stereocenters. The lowest BCUT2D eigenvalue weighted by molar-refractivity contribution is 0.569. The van der Waals surface area contributed by atoms with E-state index >= 15 is 0 Å². The van der Waals surface area contributed by atoms with Crippen LogP contribution in [0, 0.1) is 49.4 Å². The average molecular weight is 1040 g/mol. The number of aromatic nitrogens is 4. The highest BCUT2D eigenvalue weighted by Crippen LogP contribution is 2.45. The summed E-state index contributed by atoms with van der Waals surface area (Å²) in [7, 11) is 0. The summed E-state index contributed by atoms with van der Waals surface area (Å²) in [6.07, 6.45) is 3.44. The number of hydrogen-bond donors (Lipinski definition) is 2. The van der Waals surface area contributed by atoms with Crippen LogP contribution in [0.2, 0.25) is 0 Å². The second-order valence-electron chi connectivity index (χ2n) is 23.5. The van der Waals surface area contributed by atoms with E-state index in [1.54, 1.807) is 0 Å². The Morgan fingerprint density at radius 3 is 1.07 bits per heavy atom. The monoisotopic (exact) mass is 1040 g/mol. The molecule has 5 aromatic carbocycles. The number of rotatable bonds is 6. The van der Waals surface area contributed by atoms with Crippen LogP contribution in [0.4, 0.5) is 0 Å². The first kappa shape index (κ1) is 54.7. The van der Waals surface area contributed by atoms with Crippen molar-refractivity contribution in [2.45, 2.75) is 133 Å². The molecule has 398 valence electrons. The van der Waals surface area contributed by atoms with Crippen LogP contribution in [0.1, 0.15) is 185 Å². The fraction of sp³-hybridized carbons (Fsp3) is 0.263. The Labute approximate surface area is 476 Å². The molecule has 0 aliphatic carbocycles. The molecule has 0 saturated carbocycles. The number of aromatic amines is 2. The maximum Gasteiger partial charge on any atom is 0.0769 e. The Balaban J connectivity index is 1.10. The van der Waals surface area contributed by atoms with Gasteiger partial charge in [0.05, 0.1) is 33.8 Å². The number of H-pyrrole nitrogens is 2. The molecule has 0 atom stereocenters. The molecule has 2 aliphatic rings. The number of allylic oxidation sites excluding steroid dienone is 4. The lowest BCUT2D eigenvalue weighted by Crippen LogP contribution is -2.16. The van der Waals surface area contributed by atoms with Gasteiger partial charge < -0.3 is 9.97 Å². The molecule has 5 heterocycles. The zero-order valence-electron chi connectivity index (χ0n) is 49.4. The number of fused-ring (bicyclic) bond motifs is 8.